The quantitative estimate of drug-likeness (QED) is 0.763. The van der Waals surface area contributed by atoms with Crippen molar-refractivity contribution in [2.75, 3.05) is 0 Å². The van der Waals surface area contributed by atoms with Gasteiger partial charge in [-0.25, -0.2) is 4.98 Å². The number of aromatic nitrogens is 1. The molecule has 0 saturated heterocycles. The van der Waals surface area contributed by atoms with Gasteiger partial charge in [0.05, 0.1) is 12.0 Å². The zero-order valence-corrected chi connectivity index (χ0v) is 7.23. The van der Waals surface area contributed by atoms with Gasteiger partial charge < -0.3 is 14.6 Å². The summed E-state index contributed by atoms with van der Waals surface area (Å²) in [5.74, 6) is 1.09. The summed E-state index contributed by atoms with van der Waals surface area (Å²) in [4.78, 5) is 4.17. The fourth-order valence-corrected chi connectivity index (χ4v) is 1.01. The molecule has 68 valence electrons. The predicted octanol–water partition coefficient (Wildman–Crippen LogP) is 1.95. The van der Waals surface area contributed by atoms with Crippen LogP contribution in [-0.2, 0) is 0 Å². The second-order valence-electron chi connectivity index (χ2n) is 2.84. The third-order valence-electron chi connectivity index (χ3n) is 1.72. The van der Waals surface area contributed by atoms with Crippen molar-refractivity contribution in [3.8, 4) is 11.7 Å². The van der Waals surface area contributed by atoms with E-state index in [1.165, 1.54) is 0 Å². The third kappa shape index (κ3) is 1.48. The van der Waals surface area contributed by atoms with Crippen molar-refractivity contribution in [2.24, 2.45) is 5.73 Å². The second kappa shape index (κ2) is 3.06. The number of rotatable bonds is 2. The largest absolute Gasteiger partial charge is 0.459 e. The van der Waals surface area contributed by atoms with Crippen molar-refractivity contribution in [1.29, 1.82) is 0 Å². The fourth-order valence-electron chi connectivity index (χ4n) is 1.01. The van der Waals surface area contributed by atoms with Crippen LogP contribution in [0.5, 0.6) is 0 Å². The van der Waals surface area contributed by atoms with Crippen LogP contribution in [0.2, 0.25) is 0 Å². The first-order chi connectivity index (χ1) is 6.27. The van der Waals surface area contributed by atoms with Crippen LogP contribution in [0.25, 0.3) is 11.7 Å². The summed E-state index contributed by atoms with van der Waals surface area (Å²) >= 11 is 0. The van der Waals surface area contributed by atoms with E-state index in [1.807, 2.05) is 6.92 Å². The fraction of sp³-hybridized carbons (Fsp3) is 0.222. The molecular formula is C9H10N2O2. The van der Waals surface area contributed by atoms with Gasteiger partial charge in [-0.1, -0.05) is 0 Å². The summed E-state index contributed by atoms with van der Waals surface area (Å²) in [6.45, 7) is 1.85. The average molecular weight is 178 g/mol. The van der Waals surface area contributed by atoms with E-state index >= 15 is 0 Å². The van der Waals surface area contributed by atoms with E-state index in [4.69, 9.17) is 14.6 Å². The highest BCUT2D eigenvalue weighted by Gasteiger charge is 2.10. The Morgan fingerprint density at radius 3 is 2.85 bits per heavy atom. The smallest absolute Gasteiger partial charge is 0.263 e. The Labute approximate surface area is 75.4 Å². The Hall–Kier alpha value is -1.55. The number of furan rings is 1. The Balaban J connectivity index is 2.33. The maximum atomic E-state index is 5.63. The average Bonchev–Trinajstić information content (AvgIpc) is 2.75. The summed E-state index contributed by atoms with van der Waals surface area (Å²) in [5, 5.41) is 0. The lowest BCUT2D eigenvalue weighted by Crippen LogP contribution is -2.04. The molecule has 0 amide bonds. The van der Waals surface area contributed by atoms with E-state index in [9.17, 15) is 0 Å². The Morgan fingerprint density at radius 1 is 1.46 bits per heavy atom. The molecule has 2 aromatic rings. The van der Waals surface area contributed by atoms with Crippen molar-refractivity contribution >= 4 is 0 Å². The Bertz CT molecular complexity index is 376. The zero-order valence-electron chi connectivity index (χ0n) is 7.23. The molecule has 1 unspecified atom stereocenters. The first kappa shape index (κ1) is 8.07. The first-order valence-corrected chi connectivity index (χ1v) is 4.02. The third-order valence-corrected chi connectivity index (χ3v) is 1.72. The molecule has 0 aromatic carbocycles. The van der Waals surface area contributed by atoms with Gasteiger partial charge in [-0.3, -0.25) is 0 Å². The molecule has 0 spiro atoms. The van der Waals surface area contributed by atoms with Crippen LogP contribution in [-0.4, -0.2) is 4.98 Å². The molecule has 0 fully saturated rings. The summed E-state index contributed by atoms with van der Waals surface area (Å²) < 4.78 is 10.3. The number of oxazole rings is 1. The van der Waals surface area contributed by atoms with E-state index in [-0.39, 0.29) is 6.04 Å². The van der Waals surface area contributed by atoms with Gasteiger partial charge in [0.25, 0.3) is 5.89 Å². The summed E-state index contributed by atoms with van der Waals surface area (Å²) in [5.41, 5.74) is 6.36. The molecule has 4 heteroatoms. The highest BCUT2D eigenvalue weighted by Crippen LogP contribution is 2.20. The van der Waals surface area contributed by atoms with Crippen LogP contribution >= 0.6 is 0 Å². The molecule has 13 heavy (non-hydrogen) atoms. The molecule has 0 aliphatic rings. The van der Waals surface area contributed by atoms with Crippen molar-refractivity contribution < 1.29 is 8.83 Å². The second-order valence-corrected chi connectivity index (χ2v) is 2.84. The molecule has 0 bridgehead atoms. The highest BCUT2D eigenvalue weighted by atomic mass is 16.4. The Kier molecular flexibility index (Phi) is 1.90. The van der Waals surface area contributed by atoms with Gasteiger partial charge in [-0.2, -0.15) is 0 Å². The Morgan fingerprint density at radius 2 is 2.31 bits per heavy atom. The van der Waals surface area contributed by atoms with Gasteiger partial charge in [0, 0.05) is 6.04 Å². The van der Waals surface area contributed by atoms with Crippen molar-refractivity contribution in [3.63, 3.8) is 0 Å². The molecule has 1 atom stereocenters. The van der Waals surface area contributed by atoms with E-state index in [2.05, 4.69) is 4.98 Å². The topological polar surface area (TPSA) is 65.2 Å². The molecule has 0 aliphatic heterocycles. The van der Waals surface area contributed by atoms with E-state index in [0.717, 1.165) is 5.69 Å². The number of nitrogens with two attached hydrogens (primary N) is 1. The summed E-state index contributed by atoms with van der Waals surface area (Å²) in [7, 11) is 0. The zero-order chi connectivity index (χ0) is 9.26. The normalized spacial score (nSPS) is 13.1. The van der Waals surface area contributed by atoms with Crippen LogP contribution in [0.4, 0.5) is 0 Å². The molecule has 4 nitrogen and oxygen atoms in total. The maximum Gasteiger partial charge on any atom is 0.263 e. The van der Waals surface area contributed by atoms with Crippen LogP contribution in [0.3, 0.4) is 0 Å². The standard InChI is InChI=1S/C9H10N2O2/c1-6(10)7-5-13-9(11-7)8-3-2-4-12-8/h2-6H,10H2,1H3. The van der Waals surface area contributed by atoms with Gasteiger partial charge in [0.2, 0.25) is 0 Å². The van der Waals surface area contributed by atoms with E-state index in [0.29, 0.717) is 11.7 Å². The number of nitrogens with zero attached hydrogens (tertiary/aromatic N) is 1. The van der Waals surface area contributed by atoms with Crippen molar-refractivity contribution in [1.82, 2.24) is 4.98 Å². The molecule has 2 N–H and O–H groups in total. The lowest BCUT2D eigenvalue weighted by Gasteiger charge is -1.94. The van der Waals surface area contributed by atoms with E-state index in [1.54, 1.807) is 24.7 Å². The molecule has 0 aliphatic carbocycles. The van der Waals surface area contributed by atoms with Crippen LogP contribution < -0.4 is 5.73 Å². The minimum atomic E-state index is -0.118. The van der Waals surface area contributed by atoms with Crippen LogP contribution in [0.1, 0.15) is 18.7 Å². The van der Waals surface area contributed by atoms with Gasteiger partial charge in [-0.05, 0) is 19.1 Å². The molecule has 0 radical (unpaired) electrons. The lowest BCUT2D eigenvalue weighted by atomic mass is 10.3. The number of hydrogen-bond acceptors (Lipinski definition) is 4. The van der Waals surface area contributed by atoms with Crippen LogP contribution in [0.15, 0.2) is 33.5 Å². The SMILES string of the molecule is CC(N)c1coc(-c2ccco2)n1. The van der Waals surface area contributed by atoms with Gasteiger partial charge in [-0.15, -0.1) is 0 Å². The van der Waals surface area contributed by atoms with E-state index < -0.39 is 0 Å². The monoisotopic (exact) mass is 178 g/mol. The predicted molar refractivity (Wildman–Crippen MR) is 46.8 cm³/mol. The molecule has 2 aromatic heterocycles. The van der Waals surface area contributed by atoms with Crippen molar-refractivity contribution in [2.45, 2.75) is 13.0 Å². The first-order valence-electron chi connectivity index (χ1n) is 4.02. The minimum Gasteiger partial charge on any atom is -0.459 e. The van der Waals surface area contributed by atoms with Crippen molar-refractivity contribution in [3.05, 3.63) is 30.4 Å². The molecule has 2 heterocycles. The van der Waals surface area contributed by atoms with Gasteiger partial charge in [0.15, 0.2) is 5.76 Å². The molecule has 2 rings (SSSR count). The molecular weight excluding hydrogens is 168 g/mol. The number of hydrogen-bond donors (Lipinski definition) is 1. The summed E-state index contributed by atoms with van der Waals surface area (Å²) in [6, 6.07) is 3.45. The summed E-state index contributed by atoms with van der Waals surface area (Å²) in [6.07, 6.45) is 3.12. The lowest BCUT2D eigenvalue weighted by molar-refractivity contribution is 0.516. The van der Waals surface area contributed by atoms with Gasteiger partial charge in [0.1, 0.15) is 6.26 Å². The maximum absolute atomic E-state index is 5.63. The highest BCUT2D eigenvalue weighted by molar-refractivity contribution is 5.43. The van der Waals surface area contributed by atoms with Crippen LogP contribution in [0, 0.1) is 0 Å². The minimum absolute atomic E-state index is 0.118. The van der Waals surface area contributed by atoms with Gasteiger partial charge >= 0.3 is 0 Å². The molecule has 0 saturated carbocycles.